The van der Waals surface area contributed by atoms with E-state index in [9.17, 15) is 13.2 Å². The van der Waals surface area contributed by atoms with E-state index in [1.54, 1.807) is 0 Å². The number of aromatic nitrogens is 2. The number of alkyl halides is 4. The van der Waals surface area contributed by atoms with Gasteiger partial charge in [0.15, 0.2) is 0 Å². The van der Waals surface area contributed by atoms with Gasteiger partial charge in [0.1, 0.15) is 11.5 Å². The van der Waals surface area contributed by atoms with Crippen LogP contribution in [-0.2, 0) is 6.18 Å². The molecule has 0 aliphatic heterocycles. The highest BCUT2D eigenvalue weighted by molar-refractivity contribution is 6.20. The van der Waals surface area contributed by atoms with Crippen molar-refractivity contribution in [1.82, 2.24) is 9.97 Å². The van der Waals surface area contributed by atoms with E-state index in [1.807, 2.05) is 0 Å². The molecule has 1 aromatic heterocycles. The Bertz CT molecular complexity index is 298. The summed E-state index contributed by atoms with van der Waals surface area (Å²) >= 11 is 5.53. The maximum atomic E-state index is 12.1. The van der Waals surface area contributed by atoms with Crippen molar-refractivity contribution in [2.24, 2.45) is 0 Å². The quantitative estimate of drug-likeness (QED) is 0.666. The number of hydrogen-bond donors (Lipinski definition) is 0. The summed E-state index contributed by atoms with van der Waals surface area (Å²) < 4.78 is 36.3. The molecule has 72 valence electrons. The summed E-state index contributed by atoms with van der Waals surface area (Å²) in [6, 6.07) is 0.808. The van der Waals surface area contributed by atoms with Crippen LogP contribution < -0.4 is 0 Å². The molecule has 0 amide bonds. The molecule has 1 rings (SSSR count). The average molecular weight is 211 g/mol. The van der Waals surface area contributed by atoms with Crippen LogP contribution in [0.25, 0.3) is 0 Å². The Morgan fingerprint density at radius 2 is 2.08 bits per heavy atom. The Kier molecular flexibility index (Phi) is 2.75. The molecular weight excluding hydrogens is 205 g/mol. The van der Waals surface area contributed by atoms with Crippen molar-refractivity contribution in [3.63, 3.8) is 0 Å². The molecule has 0 bridgehead atoms. The van der Waals surface area contributed by atoms with Gasteiger partial charge in [-0.15, -0.1) is 11.6 Å². The highest BCUT2D eigenvalue weighted by atomic mass is 35.5. The van der Waals surface area contributed by atoms with Crippen LogP contribution in [0.1, 0.15) is 23.8 Å². The third-order valence-electron chi connectivity index (χ3n) is 1.32. The lowest BCUT2D eigenvalue weighted by Gasteiger charge is -2.07. The second-order valence-corrected chi connectivity index (χ2v) is 3.07. The van der Waals surface area contributed by atoms with Crippen molar-refractivity contribution in [1.29, 1.82) is 0 Å². The zero-order chi connectivity index (χ0) is 10.1. The second-order valence-electron chi connectivity index (χ2n) is 2.41. The van der Waals surface area contributed by atoms with Gasteiger partial charge in [0, 0.05) is 6.20 Å². The van der Waals surface area contributed by atoms with Gasteiger partial charge in [0.25, 0.3) is 0 Å². The molecule has 1 atom stereocenters. The zero-order valence-electron chi connectivity index (χ0n) is 6.64. The van der Waals surface area contributed by atoms with Crippen LogP contribution in [-0.4, -0.2) is 9.97 Å². The van der Waals surface area contributed by atoms with Crippen LogP contribution >= 0.6 is 11.6 Å². The predicted octanol–water partition coefficient (Wildman–Crippen LogP) is 2.80. The fraction of sp³-hybridized carbons (Fsp3) is 0.429. The van der Waals surface area contributed by atoms with Gasteiger partial charge in [0.05, 0.1) is 5.38 Å². The molecule has 0 spiro atoms. The molecule has 6 heteroatoms. The molecular formula is C7H6ClF3N2. The highest BCUT2D eigenvalue weighted by Crippen LogP contribution is 2.28. The maximum absolute atomic E-state index is 12.1. The number of rotatable bonds is 1. The normalized spacial score (nSPS) is 14.2. The first kappa shape index (κ1) is 10.2. The van der Waals surface area contributed by atoms with Crippen molar-refractivity contribution in [3.05, 3.63) is 23.8 Å². The summed E-state index contributed by atoms with van der Waals surface area (Å²) in [6.07, 6.45) is -3.40. The summed E-state index contributed by atoms with van der Waals surface area (Å²) in [6.45, 7) is 1.51. The smallest absolute Gasteiger partial charge is 0.240 e. The van der Waals surface area contributed by atoms with Crippen molar-refractivity contribution in [2.75, 3.05) is 0 Å². The van der Waals surface area contributed by atoms with E-state index in [4.69, 9.17) is 11.6 Å². The van der Waals surface area contributed by atoms with Crippen LogP contribution in [0.3, 0.4) is 0 Å². The third-order valence-corrected chi connectivity index (χ3v) is 1.52. The molecule has 0 aliphatic carbocycles. The van der Waals surface area contributed by atoms with Crippen LogP contribution in [0.5, 0.6) is 0 Å². The van der Waals surface area contributed by atoms with Gasteiger partial charge in [-0.2, -0.15) is 13.2 Å². The topological polar surface area (TPSA) is 25.8 Å². The van der Waals surface area contributed by atoms with E-state index >= 15 is 0 Å². The largest absolute Gasteiger partial charge is 0.433 e. The van der Waals surface area contributed by atoms with E-state index < -0.39 is 17.2 Å². The molecule has 13 heavy (non-hydrogen) atoms. The zero-order valence-corrected chi connectivity index (χ0v) is 7.39. The minimum absolute atomic E-state index is 0.0171. The number of nitrogens with zero attached hydrogens (tertiary/aromatic N) is 2. The number of halogens is 4. The van der Waals surface area contributed by atoms with Crippen molar-refractivity contribution < 1.29 is 13.2 Å². The van der Waals surface area contributed by atoms with Crippen LogP contribution in [0.4, 0.5) is 13.2 Å². The van der Waals surface area contributed by atoms with Gasteiger partial charge in [-0.1, -0.05) is 0 Å². The van der Waals surface area contributed by atoms with Crippen molar-refractivity contribution in [3.8, 4) is 0 Å². The fourth-order valence-corrected chi connectivity index (χ4v) is 0.828. The molecule has 2 nitrogen and oxygen atoms in total. The van der Waals surface area contributed by atoms with E-state index in [0.717, 1.165) is 12.3 Å². The van der Waals surface area contributed by atoms with Gasteiger partial charge >= 0.3 is 6.18 Å². The van der Waals surface area contributed by atoms with Gasteiger partial charge in [0.2, 0.25) is 0 Å². The molecule has 0 fully saturated rings. The highest BCUT2D eigenvalue weighted by Gasteiger charge is 2.32. The minimum atomic E-state index is -4.44. The molecule has 0 N–H and O–H groups in total. The van der Waals surface area contributed by atoms with Crippen molar-refractivity contribution in [2.45, 2.75) is 18.5 Å². The van der Waals surface area contributed by atoms with Gasteiger partial charge in [-0.05, 0) is 13.0 Å². The Hall–Kier alpha value is -0.840. The van der Waals surface area contributed by atoms with Crippen LogP contribution in [0.15, 0.2) is 12.3 Å². The predicted molar refractivity (Wildman–Crippen MR) is 41.3 cm³/mol. The average Bonchev–Trinajstić information content (AvgIpc) is 2.03. The Morgan fingerprint density at radius 3 is 2.54 bits per heavy atom. The maximum Gasteiger partial charge on any atom is 0.433 e. The summed E-state index contributed by atoms with van der Waals surface area (Å²) in [4.78, 5) is 6.88. The standard InChI is InChI=1S/C7H6ClF3N2/c1-4(8)6-12-3-2-5(13-6)7(9,10)11/h2-4H,1H3. The van der Waals surface area contributed by atoms with Gasteiger partial charge in [-0.3, -0.25) is 0 Å². The van der Waals surface area contributed by atoms with E-state index in [2.05, 4.69) is 9.97 Å². The summed E-state index contributed by atoms with van der Waals surface area (Å²) in [5, 5.41) is -0.623. The van der Waals surface area contributed by atoms with Gasteiger partial charge < -0.3 is 0 Å². The first-order valence-electron chi connectivity index (χ1n) is 3.45. The minimum Gasteiger partial charge on any atom is -0.240 e. The molecule has 0 saturated carbocycles. The van der Waals surface area contributed by atoms with Crippen LogP contribution in [0, 0.1) is 0 Å². The molecule has 0 aliphatic rings. The lowest BCUT2D eigenvalue weighted by molar-refractivity contribution is -0.141. The first-order chi connectivity index (χ1) is 5.91. The number of hydrogen-bond acceptors (Lipinski definition) is 2. The van der Waals surface area contributed by atoms with Crippen LogP contribution in [0.2, 0.25) is 0 Å². The lowest BCUT2D eigenvalue weighted by Crippen LogP contribution is -2.10. The third kappa shape index (κ3) is 2.55. The molecule has 1 heterocycles. The Balaban J connectivity index is 3.06. The van der Waals surface area contributed by atoms with E-state index in [1.165, 1.54) is 6.92 Å². The SMILES string of the molecule is CC(Cl)c1nccc(C(F)(F)F)n1. The summed E-state index contributed by atoms with van der Waals surface area (Å²) in [7, 11) is 0. The summed E-state index contributed by atoms with van der Waals surface area (Å²) in [5.41, 5.74) is -0.968. The first-order valence-corrected chi connectivity index (χ1v) is 3.89. The second kappa shape index (κ2) is 3.49. The molecule has 1 aromatic rings. The summed E-state index contributed by atoms with van der Waals surface area (Å²) in [5.74, 6) is -0.0171. The molecule has 0 aromatic carbocycles. The van der Waals surface area contributed by atoms with E-state index in [0.29, 0.717) is 0 Å². The Labute approximate surface area is 77.8 Å². The lowest BCUT2D eigenvalue weighted by atomic mass is 10.3. The Morgan fingerprint density at radius 1 is 1.46 bits per heavy atom. The van der Waals surface area contributed by atoms with E-state index in [-0.39, 0.29) is 5.82 Å². The van der Waals surface area contributed by atoms with Gasteiger partial charge in [-0.25, -0.2) is 9.97 Å². The fourth-order valence-electron chi connectivity index (χ4n) is 0.723. The molecule has 0 radical (unpaired) electrons. The monoisotopic (exact) mass is 210 g/mol. The van der Waals surface area contributed by atoms with Crippen molar-refractivity contribution >= 4 is 11.6 Å². The molecule has 1 unspecified atom stereocenters. The molecule has 0 saturated heterocycles.